The largest absolute Gasteiger partial charge is 0.357 e. The topological polar surface area (TPSA) is 77.0 Å². The molecule has 0 bridgehead atoms. The van der Waals surface area contributed by atoms with Crippen LogP contribution < -0.4 is 10.6 Å². The highest BCUT2D eigenvalue weighted by Gasteiger charge is 2.27. The van der Waals surface area contributed by atoms with E-state index in [0.717, 1.165) is 22.8 Å². The predicted molar refractivity (Wildman–Crippen MR) is 110 cm³/mol. The highest BCUT2D eigenvalue weighted by Crippen LogP contribution is 2.22. The number of rotatable bonds is 6. The van der Waals surface area contributed by atoms with Gasteiger partial charge in [0.1, 0.15) is 0 Å². The average Bonchev–Trinajstić information content (AvgIpc) is 3.05. The fourth-order valence-corrected chi connectivity index (χ4v) is 3.69. The second-order valence-electron chi connectivity index (χ2n) is 5.00. The van der Waals surface area contributed by atoms with Gasteiger partial charge in [0.2, 0.25) is 5.91 Å². The summed E-state index contributed by atoms with van der Waals surface area (Å²) in [4.78, 5) is 31.9. The molecule has 2 N–H and O–H groups in total. The van der Waals surface area contributed by atoms with Crippen LogP contribution in [0.15, 0.2) is 20.9 Å². The van der Waals surface area contributed by atoms with Crippen LogP contribution in [0.3, 0.4) is 0 Å². The molecule has 1 aliphatic heterocycles. The molecule has 7 nitrogen and oxygen atoms in total. The Bertz CT molecular complexity index is 594. The number of imide groups is 1. The molecule has 2 heterocycles. The standard InChI is InChI=1S/C14H20BrN5O2S.HI/c1-3-16-13(19(2)9-10-4-5-11(15)23-10)17-6-7-20-12(21)8-18-14(20)22;/h4-5H,3,6-9H2,1-2H3,(H,16,17)(H,18,22);1H. The van der Waals surface area contributed by atoms with Gasteiger partial charge in [-0.3, -0.25) is 14.7 Å². The first kappa shape index (κ1) is 21.2. The lowest BCUT2D eigenvalue weighted by Gasteiger charge is -2.21. The number of aliphatic imine (C=N–C) groups is 1. The number of hydrogen-bond donors (Lipinski definition) is 2. The summed E-state index contributed by atoms with van der Waals surface area (Å²) >= 11 is 5.14. The molecule has 1 fully saturated rings. The number of hydrogen-bond acceptors (Lipinski definition) is 4. The maximum absolute atomic E-state index is 11.5. The molecule has 0 unspecified atom stereocenters. The van der Waals surface area contributed by atoms with Crippen LogP contribution in [0.25, 0.3) is 0 Å². The fraction of sp³-hybridized carbons (Fsp3) is 0.500. The maximum Gasteiger partial charge on any atom is 0.324 e. The average molecular weight is 530 g/mol. The zero-order chi connectivity index (χ0) is 16.8. The van der Waals surface area contributed by atoms with Crippen LogP contribution >= 0.6 is 51.2 Å². The van der Waals surface area contributed by atoms with Crippen molar-refractivity contribution in [2.24, 2.45) is 4.99 Å². The summed E-state index contributed by atoms with van der Waals surface area (Å²) in [5.74, 6) is 0.552. The van der Waals surface area contributed by atoms with Gasteiger partial charge in [0, 0.05) is 18.5 Å². The SMILES string of the molecule is CCNC(=NCCN1C(=O)CNC1=O)N(C)Cc1ccc(Br)s1.I. The van der Waals surface area contributed by atoms with E-state index in [4.69, 9.17) is 0 Å². The van der Waals surface area contributed by atoms with E-state index >= 15 is 0 Å². The summed E-state index contributed by atoms with van der Waals surface area (Å²) in [5, 5.41) is 5.72. The summed E-state index contributed by atoms with van der Waals surface area (Å²) in [6.45, 7) is 4.24. The quantitative estimate of drug-likeness (QED) is 0.256. The minimum atomic E-state index is -0.341. The molecular weight excluding hydrogens is 509 g/mol. The van der Waals surface area contributed by atoms with Crippen molar-refractivity contribution in [1.29, 1.82) is 0 Å². The molecule has 0 aliphatic carbocycles. The number of urea groups is 1. The van der Waals surface area contributed by atoms with Gasteiger partial charge in [-0.15, -0.1) is 35.3 Å². The molecule has 1 aromatic heterocycles. The molecule has 10 heteroatoms. The Labute approximate surface area is 171 Å². The van der Waals surface area contributed by atoms with Gasteiger partial charge in [-0.05, 0) is 35.0 Å². The van der Waals surface area contributed by atoms with Crippen molar-refractivity contribution >= 4 is 69.1 Å². The molecule has 1 saturated heterocycles. The second-order valence-corrected chi connectivity index (χ2v) is 7.55. The van der Waals surface area contributed by atoms with Crippen molar-refractivity contribution in [2.75, 3.05) is 33.2 Å². The van der Waals surface area contributed by atoms with Gasteiger partial charge in [-0.2, -0.15) is 0 Å². The van der Waals surface area contributed by atoms with Crippen molar-refractivity contribution < 1.29 is 9.59 Å². The molecule has 2 rings (SSSR count). The first-order valence-electron chi connectivity index (χ1n) is 7.33. The van der Waals surface area contributed by atoms with Gasteiger partial charge in [-0.25, -0.2) is 4.79 Å². The zero-order valence-electron chi connectivity index (χ0n) is 13.5. The maximum atomic E-state index is 11.5. The molecule has 24 heavy (non-hydrogen) atoms. The van der Waals surface area contributed by atoms with Crippen LogP contribution in [-0.2, 0) is 11.3 Å². The lowest BCUT2D eigenvalue weighted by molar-refractivity contribution is -0.124. The Morgan fingerprint density at radius 2 is 2.25 bits per heavy atom. The molecule has 3 amide bonds. The number of guanidine groups is 1. The Kier molecular flexibility index (Phi) is 8.98. The van der Waals surface area contributed by atoms with Crippen molar-refractivity contribution in [3.05, 3.63) is 20.8 Å². The van der Waals surface area contributed by atoms with Crippen molar-refractivity contribution in [1.82, 2.24) is 20.4 Å². The lowest BCUT2D eigenvalue weighted by atomic mass is 10.4. The van der Waals surface area contributed by atoms with E-state index < -0.39 is 0 Å². The normalized spacial score (nSPS) is 14.5. The molecular formula is C14H21BrIN5O2S. The summed E-state index contributed by atoms with van der Waals surface area (Å²) < 4.78 is 1.10. The molecule has 0 atom stereocenters. The summed E-state index contributed by atoms with van der Waals surface area (Å²) in [6, 6.07) is 3.75. The van der Waals surface area contributed by atoms with Crippen molar-refractivity contribution in [3.63, 3.8) is 0 Å². The molecule has 0 aromatic carbocycles. The van der Waals surface area contributed by atoms with Gasteiger partial charge in [-0.1, -0.05) is 0 Å². The van der Waals surface area contributed by atoms with Gasteiger partial charge in [0.15, 0.2) is 5.96 Å². The van der Waals surface area contributed by atoms with E-state index in [-0.39, 0.29) is 49.0 Å². The first-order chi connectivity index (χ1) is 11.0. The molecule has 134 valence electrons. The third kappa shape index (κ3) is 5.88. The van der Waals surface area contributed by atoms with Gasteiger partial charge in [0.05, 0.1) is 30.0 Å². The molecule has 0 spiro atoms. The number of nitrogens with zero attached hydrogens (tertiary/aromatic N) is 3. The van der Waals surface area contributed by atoms with Gasteiger partial charge >= 0.3 is 6.03 Å². The van der Waals surface area contributed by atoms with E-state index in [0.29, 0.717) is 6.54 Å². The van der Waals surface area contributed by atoms with E-state index in [2.05, 4.69) is 37.6 Å². The van der Waals surface area contributed by atoms with E-state index in [1.807, 2.05) is 24.9 Å². The molecule has 1 aromatic rings. The number of carbonyl (C=O) groups excluding carboxylic acids is 2. The van der Waals surface area contributed by atoms with Gasteiger partial charge < -0.3 is 15.5 Å². The third-order valence-electron chi connectivity index (χ3n) is 3.24. The Hall–Kier alpha value is -0.880. The fourth-order valence-electron chi connectivity index (χ4n) is 2.15. The molecule has 1 aliphatic rings. The van der Waals surface area contributed by atoms with Crippen LogP contribution in [0.4, 0.5) is 4.79 Å². The van der Waals surface area contributed by atoms with E-state index in [9.17, 15) is 9.59 Å². The first-order valence-corrected chi connectivity index (χ1v) is 8.94. The van der Waals surface area contributed by atoms with Gasteiger partial charge in [0.25, 0.3) is 0 Å². The van der Waals surface area contributed by atoms with Crippen LogP contribution in [0.2, 0.25) is 0 Å². The number of amides is 3. The third-order valence-corrected chi connectivity index (χ3v) is 4.85. The minimum Gasteiger partial charge on any atom is -0.357 e. The summed E-state index contributed by atoms with van der Waals surface area (Å²) in [6.07, 6.45) is 0. The summed E-state index contributed by atoms with van der Waals surface area (Å²) in [5.41, 5.74) is 0. The number of nitrogens with one attached hydrogen (secondary N) is 2. The molecule has 0 saturated carbocycles. The van der Waals surface area contributed by atoms with Crippen LogP contribution in [-0.4, -0.2) is 60.9 Å². The van der Waals surface area contributed by atoms with Crippen molar-refractivity contribution in [3.8, 4) is 0 Å². The zero-order valence-corrected chi connectivity index (χ0v) is 18.3. The van der Waals surface area contributed by atoms with E-state index in [1.54, 1.807) is 11.3 Å². The van der Waals surface area contributed by atoms with Crippen LogP contribution in [0.1, 0.15) is 11.8 Å². The monoisotopic (exact) mass is 529 g/mol. The summed E-state index contributed by atoms with van der Waals surface area (Å²) in [7, 11) is 1.96. The van der Waals surface area contributed by atoms with E-state index in [1.165, 1.54) is 9.78 Å². The predicted octanol–water partition coefficient (Wildman–Crippen LogP) is 2.08. The smallest absolute Gasteiger partial charge is 0.324 e. The highest BCUT2D eigenvalue weighted by molar-refractivity contribution is 14.0. The Balaban J connectivity index is 0.00000288. The molecule has 0 radical (unpaired) electrons. The number of halogens is 2. The second kappa shape index (κ2) is 10.2. The highest BCUT2D eigenvalue weighted by atomic mass is 127. The Morgan fingerprint density at radius 1 is 1.50 bits per heavy atom. The lowest BCUT2D eigenvalue weighted by Crippen LogP contribution is -2.39. The number of thiophene rings is 1. The van der Waals surface area contributed by atoms with Crippen molar-refractivity contribution in [2.45, 2.75) is 13.5 Å². The van der Waals surface area contributed by atoms with Crippen LogP contribution in [0.5, 0.6) is 0 Å². The van der Waals surface area contributed by atoms with Crippen LogP contribution in [0, 0.1) is 0 Å². The Morgan fingerprint density at radius 3 is 2.79 bits per heavy atom. The minimum absolute atomic E-state index is 0. The number of carbonyl (C=O) groups is 2.